The first kappa shape index (κ1) is 20.2. The molecule has 1 atom stereocenters. The maximum absolute atomic E-state index is 13.6. The van der Waals surface area contributed by atoms with Crippen molar-refractivity contribution < 1.29 is 9.53 Å². The molecule has 0 saturated heterocycles. The van der Waals surface area contributed by atoms with Gasteiger partial charge in [0.25, 0.3) is 5.56 Å². The van der Waals surface area contributed by atoms with Crippen LogP contribution in [0.4, 0.5) is 0 Å². The van der Waals surface area contributed by atoms with Crippen molar-refractivity contribution in [2.24, 2.45) is 4.99 Å². The Hall–Kier alpha value is -3.77. The molecule has 0 fully saturated rings. The fraction of sp³-hybridized carbons (Fsp3) is 0.115. The highest BCUT2D eigenvalue weighted by molar-refractivity contribution is 7.07. The molecule has 2 heterocycles. The number of allylic oxidation sites excluding steroid dienone is 1. The van der Waals surface area contributed by atoms with Crippen LogP contribution in [0.1, 0.15) is 24.1 Å². The maximum Gasteiger partial charge on any atom is 0.338 e. The summed E-state index contributed by atoms with van der Waals surface area (Å²) in [7, 11) is 1.34. The molecule has 5 nitrogen and oxygen atoms in total. The first-order valence-electron chi connectivity index (χ1n) is 10.2. The topological polar surface area (TPSA) is 60.7 Å². The fourth-order valence-corrected chi connectivity index (χ4v) is 5.20. The van der Waals surface area contributed by atoms with Gasteiger partial charge in [0.2, 0.25) is 0 Å². The summed E-state index contributed by atoms with van der Waals surface area (Å²) in [6, 6.07) is 23.0. The van der Waals surface area contributed by atoms with E-state index < -0.39 is 12.0 Å². The van der Waals surface area contributed by atoms with E-state index in [-0.39, 0.29) is 5.56 Å². The van der Waals surface area contributed by atoms with E-state index in [4.69, 9.17) is 4.74 Å². The number of thiazole rings is 1. The third-order valence-corrected chi connectivity index (χ3v) is 6.64. The van der Waals surface area contributed by atoms with Crippen LogP contribution in [0.2, 0.25) is 0 Å². The van der Waals surface area contributed by atoms with Crippen LogP contribution in [0.25, 0.3) is 16.8 Å². The van der Waals surface area contributed by atoms with Crippen molar-refractivity contribution >= 4 is 34.2 Å². The van der Waals surface area contributed by atoms with Gasteiger partial charge < -0.3 is 4.74 Å². The van der Waals surface area contributed by atoms with E-state index >= 15 is 0 Å². The molecule has 1 aromatic heterocycles. The minimum atomic E-state index is -0.588. The van der Waals surface area contributed by atoms with Gasteiger partial charge in [0.1, 0.15) is 0 Å². The number of methoxy groups -OCH3 is 1. The van der Waals surface area contributed by atoms with Crippen molar-refractivity contribution in [1.82, 2.24) is 4.57 Å². The molecule has 6 heteroatoms. The normalized spacial score (nSPS) is 16.1. The lowest BCUT2D eigenvalue weighted by molar-refractivity contribution is -0.136. The van der Waals surface area contributed by atoms with Gasteiger partial charge in [0.15, 0.2) is 4.80 Å². The Morgan fingerprint density at radius 1 is 1.03 bits per heavy atom. The van der Waals surface area contributed by atoms with Crippen LogP contribution in [0.5, 0.6) is 0 Å². The molecule has 4 aromatic rings. The Labute approximate surface area is 188 Å². The minimum Gasteiger partial charge on any atom is -0.466 e. The number of aromatic nitrogens is 1. The number of hydrogen-bond acceptors (Lipinski definition) is 5. The highest BCUT2D eigenvalue weighted by Crippen LogP contribution is 2.30. The van der Waals surface area contributed by atoms with Gasteiger partial charge in [-0.25, -0.2) is 9.79 Å². The van der Waals surface area contributed by atoms with Gasteiger partial charge in [-0.1, -0.05) is 84.1 Å². The van der Waals surface area contributed by atoms with E-state index in [0.717, 1.165) is 21.9 Å². The Morgan fingerprint density at radius 2 is 1.75 bits per heavy atom. The van der Waals surface area contributed by atoms with Crippen LogP contribution >= 0.6 is 11.3 Å². The predicted octanol–water partition coefficient (Wildman–Crippen LogP) is 3.56. The van der Waals surface area contributed by atoms with Crippen molar-refractivity contribution in [3.8, 4) is 0 Å². The summed E-state index contributed by atoms with van der Waals surface area (Å²) in [6.45, 7) is 1.78. The molecule has 1 aliphatic rings. The molecule has 0 N–H and O–H groups in total. The molecule has 3 aromatic carbocycles. The van der Waals surface area contributed by atoms with E-state index in [1.165, 1.54) is 18.4 Å². The van der Waals surface area contributed by atoms with Crippen LogP contribution in [0.15, 0.2) is 93.9 Å². The monoisotopic (exact) mass is 440 g/mol. The molecular formula is C26H20N2O3S. The SMILES string of the molecule is COC(=O)C1=C(C)N=c2s/c(=C/c3cccc4ccccc34)c(=O)n2[C@@H]1c1ccccc1. The van der Waals surface area contributed by atoms with Crippen LogP contribution in [-0.2, 0) is 9.53 Å². The number of ether oxygens (including phenoxy) is 1. The number of rotatable bonds is 3. The fourth-order valence-electron chi connectivity index (χ4n) is 4.16. The van der Waals surface area contributed by atoms with Crippen LogP contribution in [-0.4, -0.2) is 17.6 Å². The zero-order chi connectivity index (χ0) is 22.2. The van der Waals surface area contributed by atoms with Gasteiger partial charge in [-0.15, -0.1) is 0 Å². The largest absolute Gasteiger partial charge is 0.466 e. The summed E-state index contributed by atoms with van der Waals surface area (Å²) in [5, 5.41) is 2.19. The molecule has 0 aliphatic carbocycles. The number of carbonyl (C=O) groups excluding carboxylic acids is 1. The predicted molar refractivity (Wildman–Crippen MR) is 126 cm³/mol. The lowest BCUT2D eigenvalue weighted by Crippen LogP contribution is -2.39. The lowest BCUT2D eigenvalue weighted by atomic mass is 9.96. The van der Waals surface area contributed by atoms with Gasteiger partial charge >= 0.3 is 5.97 Å². The van der Waals surface area contributed by atoms with Gasteiger partial charge in [-0.2, -0.15) is 0 Å². The molecule has 158 valence electrons. The lowest BCUT2D eigenvalue weighted by Gasteiger charge is -2.24. The summed E-state index contributed by atoms with van der Waals surface area (Å²) in [5.41, 5.74) is 2.56. The molecule has 0 saturated carbocycles. The number of hydrogen-bond donors (Lipinski definition) is 0. The van der Waals surface area contributed by atoms with E-state index in [1.54, 1.807) is 11.5 Å². The third kappa shape index (κ3) is 3.29. The molecule has 0 radical (unpaired) electrons. The molecule has 0 unspecified atom stereocenters. The highest BCUT2D eigenvalue weighted by atomic mass is 32.1. The molecule has 0 spiro atoms. The number of esters is 1. The second-order valence-electron chi connectivity index (χ2n) is 7.55. The van der Waals surface area contributed by atoms with Crippen molar-refractivity contribution in [2.45, 2.75) is 13.0 Å². The number of nitrogens with zero attached hydrogens (tertiary/aromatic N) is 2. The van der Waals surface area contributed by atoms with Crippen molar-refractivity contribution in [1.29, 1.82) is 0 Å². The summed E-state index contributed by atoms with van der Waals surface area (Å²) < 4.78 is 7.22. The van der Waals surface area contributed by atoms with Crippen molar-refractivity contribution in [3.63, 3.8) is 0 Å². The molecule has 0 bridgehead atoms. The van der Waals surface area contributed by atoms with Gasteiger partial charge in [0.05, 0.1) is 29.0 Å². The first-order chi connectivity index (χ1) is 15.6. The second-order valence-corrected chi connectivity index (χ2v) is 8.56. The highest BCUT2D eigenvalue weighted by Gasteiger charge is 2.32. The Kier molecular flexibility index (Phi) is 5.07. The zero-order valence-electron chi connectivity index (χ0n) is 17.6. The van der Waals surface area contributed by atoms with E-state index in [1.807, 2.05) is 66.7 Å². The van der Waals surface area contributed by atoms with Crippen LogP contribution in [0, 0.1) is 0 Å². The minimum absolute atomic E-state index is 0.176. The number of fused-ring (bicyclic) bond motifs is 2. The Morgan fingerprint density at radius 3 is 2.53 bits per heavy atom. The summed E-state index contributed by atoms with van der Waals surface area (Å²) in [6.07, 6.45) is 1.91. The average Bonchev–Trinajstić information content (AvgIpc) is 3.13. The van der Waals surface area contributed by atoms with Crippen molar-refractivity contribution in [3.05, 3.63) is 115 Å². The van der Waals surface area contributed by atoms with Gasteiger partial charge in [-0.05, 0) is 34.9 Å². The standard InChI is InChI=1S/C26H20N2O3S/c1-16-22(25(30)31-2)23(18-10-4-3-5-11-18)28-24(29)21(32-26(28)27-16)15-19-13-8-12-17-9-6-7-14-20(17)19/h3-15,23H,1-2H3/b21-15+/t23-/m1/s1. The third-order valence-electron chi connectivity index (χ3n) is 5.65. The zero-order valence-corrected chi connectivity index (χ0v) is 18.4. The smallest absolute Gasteiger partial charge is 0.338 e. The van der Waals surface area contributed by atoms with Gasteiger partial charge in [0, 0.05) is 0 Å². The first-order valence-corrected chi connectivity index (χ1v) is 11.0. The van der Waals surface area contributed by atoms with E-state index in [0.29, 0.717) is 20.6 Å². The van der Waals surface area contributed by atoms with E-state index in [9.17, 15) is 9.59 Å². The van der Waals surface area contributed by atoms with Gasteiger partial charge in [-0.3, -0.25) is 9.36 Å². The quantitative estimate of drug-likeness (QED) is 0.458. The van der Waals surface area contributed by atoms with Crippen LogP contribution in [0.3, 0.4) is 0 Å². The van der Waals surface area contributed by atoms with E-state index in [2.05, 4.69) is 17.1 Å². The second kappa shape index (κ2) is 8.05. The molecule has 0 amide bonds. The number of carbonyl (C=O) groups is 1. The molecule has 5 rings (SSSR count). The maximum atomic E-state index is 13.6. The summed E-state index contributed by atoms with van der Waals surface area (Å²) in [5.74, 6) is -0.483. The van der Waals surface area contributed by atoms with Crippen LogP contribution < -0.4 is 14.9 Å². The Balaban J connectivity index is 1.77. The van der Waals surface area contributed by atoms with Crippen molar-refractivity contribution in [2.75, 3.05) is 7.11 Å². The molecular weight excluding hydrogens is 420 g/mol. The average molecular weight is 441 g/mol. The number of benzene rings is 3. The summed E-state index contributed by atoms with van der Waals surface area (Å²) in [4.78, 5) is 31.4. The Bertz CT molecular complexity index is 1560. The summed E-state index contributed by atoms with van der Waals surface area (Å²) >= 11 is 1.33. The molecule has 32 heavy (non-hydrogen) atoms. The molecule has 1 aliphatic heterocycles.